The van der Waals surface area contributed by atoms with E-state index in [-0.39, 0.29) is 5.91 Å². The molecule has 1 aromatic carbocycles. The fraction of sp³-hybridized carbons (Fsp3) is 0.652. The minimum atomic E-state index is 0.153. The average Bonchev–Trinajstić information content (AvgIpc) is 2.81. The number of carbonyl (C=O) groups excluding carboxylic acids is 1. The van der Waals surface area contributed by atoms with E-state index in [1.807, 2.05) is 29.2 Å². The molecule has 2 saturated heterocycles. The Bertz CT molecular complexity index is 665. The number of guanidine groups is 1. The van der Waals surface area contributed by atoms with Gasteiger partial charge in [0, 0.05) is 44.8 Å². The van der Waals surface area contributed by atoms with Gasteiger partial charge in [-0.15, -0.1) is 0 Å². The van der Waals surface area contributed by atoms with E-state index in [2.05, 4.69) is 22.5 Å². The van der Waals surface area contributed by atoms with Crippen LogP contribution in [0.25, 0.3) is 0 Å². The van der Waals surface area contributed by atoms with Gasteiger partial charge < -0.3 is 20.3 Å². The normalized spacial score (nSPS) is 18.3. The standard InChI is InChI=1S/C23H37N5O2/c1-2-24-23(25-11-6-12-27-15-17-30-18-16-27)26-19-20-7-9-21(10-8-20)22(29)28-13-4-3-5-14-28/h7-10H,2-6,11-19H2,1H3,(H2,24,25,26). The summed E-state index contributed by atoms with van der Waals surface area (Å²) in [6.07, 6.45) is 4.55. The highest BCUT2D eigenvalue weighted by molar-refractivity contribution is 5.94. The maximum Gasteiger partial charge on any atom is 0.253 e. The Balaban J connectivity index is 1.44. The van der Waals surface area contributed by atoms with Crippen molar-refractivity contribution in [2.45, 2.75) is 39.2 Å². The summed E-state index contributed by atoms with van der Waals surface area (Å²) in [6.45, 7) is 11.0. The van der Waals surface area contributed by atoms with E-state index >= 15 is 0 Å². The molecule has 2 N–H and O–H groups in total. The van der Waals surface area contributed by atoms with Gasteiger partial charge in [0.2, 0.25) is 0 Å². The Kier molecular flexibility index (Phi) is 9.44. The number of aliphatic imine (C=N–C) groups is 1. The van der Waals surface area contributed by atoms with Gasteiger partial charge in [0.1, 0.15) is 0 Å². The zero-order valence-electron chi connectivity index (χ0n) is 18.4. The third kappa shape index (κ3) is 7.29. The molecule has 2 heterocycles. The van der Waals surface area contributed by atoms with Crippen molar-refractivity contribution in [1.29, 1.82) is 0 Å². The molecule has 0 radical (unpaired) electrons. The van der Waals surface area contributed by atoms with Crippen molar-refractivity contribution in [2.24, 2.45) is 4.99 Å². The van der Waals surface area contributed by atoms with Crippen molar-refractivity contribution in [3.63, 3.8) is 0 Å². The van der Waals surface area contributed by atoms with Crippen molar-refractivity contribution in [3.05, 3.63) is 35.4 Å². The molecular weight excluding hydrogens is 378 g/mol. The van der Waals surface area contributed by atoms with Crippen LogP contribution < -0.4 is 10.6 Å². The smallest absolute Gasteiger partial charge is 0.253 e. The van der Waals surface area contributed by atoms with E-state index in [1.165, 1.54) is 6.42 Å². The van der Waals surface area contributed by atoms with E-state index in [1.54, 1.807) is 0 Å². The maximum absolute atomic E-state index is 12.6. The fourth-order valence-corrected chi connectivity index (χ4v) is 3.88. The van der Waals surface area contributed by atoms with Crippen molar-refractivity contribution in [2.75, 3.05) is 59.0 Å². The largest absolute Gasteiger partial charge is 0.379 e. The van der Waals surface area contributed by atoms with Crippen LogP contribution >= 0.6 is 0 Å². The number of ether oxygens (including phenoxy) is 1. The van der Waals surface area contributed by atoms with Gasteiger partial charge >= 0.3 is 0 Å². The summed E-state index contributed by atoms with van der Waals surface area (Å²) >= 11 is 0. The molecule has 30 heavy (non-hydrogen) atoms. The molecule has 2 aliphatic rings. The van der Waals surface area contributed by atoms with Crippen LogP contribution in [0.1, 0.15) is 48.5 Å². The molecule has 0 unspecified atom stereocenters. The SMILES string of the molecule is CCNC(=NCc1ccc(C(=O)N2CCCCC2)cc1)NCCCN1CCOCC1. The highest BCUT2D eigenvalue weighted by Crippen LogP contribution is 2.14. The average molecular weight is 416 g/mol. The minimum Gasteiger partial charge on any atom is -0.379 e. The lowest BCUT2D eigenvalue weighted by Gasteiger charge is -2.26. The first-order valence-corrected chi connectivity index (χ1v) is 11.5. The highest BCUT2D eigenvalue weighted by Gasteiger charge is 2.17. The first-order valence-electron chi connectivity index (χ1n) is 11.5. The van der Waals surface area contributed by atoms with E-state index in [4.69, 9.17) is 9.73 Å². The zero-order valence-corrected chi connectivity index (χ0v) is 18.4. The van der Waals surface area contributed by atoms with Crippen LogP contribution in [0.3, 0.4) is 0 Å². The van der Waals surface area contributed by atoms with Crippen molar-refractivity contribution in [1.82, 2.24) is 20.4 Å². The number of carbonyl (C=O) groups is 1. The number of amides is 1. The first kappa shape index (κ1) is 22.6. The van der Waals surface area contributed by atoms with Crippen LogP contribution in [0.15, 0.2) is 29.3 Å². The summed E-state index contributed by atoms with van der Waals surface area (Å²) in [5.41, 5.74) is 1.88. The Morgan fingerprint density at radius 2 is 1.77 bits per heavy atom. The molecule has 0 aliphatic carbocycles. The second-order valence-corrected chi connectivity index (χ2v) is 7.98. The number of benzene rings is 1. The number of nitrogens with one attached hydrogen (secondary N) is 2. The van der Waals surface area contributed by atoms with Crippen LogP contribution in [0.2, 0.25) is 0 Å². The minimum absolute atomic E-state index is 0.153. The van der Waals surface area contributed by atoms with E-state index in [9.17, 15) is 4.79 Å². The van der Waals surface area contributed by atoms with Gasteiger partial charge in [-0.2, -0.15) is 0 Å². The van der Waals surface area contributed by atoms with E-state index in [0.29, 0.717) is 6.54 Å². The molecule has 1 amide bonds. The molecule has 3 rings (SSSR count). The predicted molar refractivity (Wildman–Crippen MR) is 121 cm³/mol. The maximum atomic E-state index is 12.6. The van der Waals surface area contributed by atoms with Gasteiger partial charge in [0.15, 0.2) is 5.96 Å². The summed E-state index contributed by atoms with van der Waals surface area (Å²) in [5.74, 6) is 0.993. The highest BCUT2D eigenvalue weighted by atomic mass is 16.5. The second-order valence-electron chi connectivity index (χ2n) is 7.98. The summed E-state index contributed by atoms with van der Waals surface area (Å²) < 4.78 is 5.39. The first-order chi connectivity index (χ1) is 14.8. The lowest BCUT2D eigenvalue weighted by molar-refractivity contribution is 0.0376. The molecule has 1 aromatic rings. The fourth-order valence-electron chi connectivity index (χ4n) is 3.88. The number of morpholine rings is 1. The summed E-state index contributed by atoms with van der Waals surface area (Å²) in [4.78, 5) is 21.7. The van der Waals surface area contributed by atoms with E-state index < -0.39 is 0 Å². The molecule has 0 aromatic heterocycles. The van der Waals surface area contributed by atoms with Crippen molar-refractivity contribution in [3.8, 4) is 0 Å². The topological polar surface area (TPSA) is 69.2 Å². The number of hydrogen-bond donors (Lipinski definition) is 2. The molecule has 7 heteroatoms. The molecule has 166 valence electrons. The van der Waals surface area contributed by atoms with Crippen LogP contribution in [-0.4, -0.2) is 80.7 Å². The number of hydrogen-bond acceptors (Lipinski definition) is 4. The van der Waals surface area contributed by atoms with Crippen LogP contribution in [0.5, 0.6) is 0 Å². The summed E-state index contributed by atoms with van der Waals surface area (Å²) in [5, 5.41) is 6.73. The summed E-state index contributed by atoms with van der Waals surface area (Å²) in [7, 11) is 0. The Morgan fingerprint density at radius 1 is 1.03 bits per heavy atom. The molecule has 0 atom stereocenters. The number of piperidine rings is 1. The zero-order chi connectivity index (χ0) is 21.0. The van der Waals surface area contributed by atoms with Gasteiger partial charge in [-0.25, -0.2) is 4.99 Å². The molecule has 2 fully saturated rings. The molecule has 0 bridgehead atoms. The van der Waals surface area contributed by atoms with Gasteiger partial charge in [-0.1, -0.05) is 12.1 Å². The van der Waals surface area contributed by atoms with Crippen LogP contribution in [0, 0.1) is 0 Å². The van der Waals surface area contributed by atoms with Crippen LogP contribution in [0.4, 0.5) is 0 Å². The monoisotopic (exact) mass is 415 g/mol. The van der Waals surface area contributed by atoms with Gasteiger partial charge in [-0.05, 0) is 56.8 Å². The Morgan fingerprint density at radius 3 is 2.47 bits per heavy atom. The van der Waals surface area contributed by atoms with Crippen molar-refractivity contribution >= 4 is 11.9 Å². The number of nitrogens with zero attached hydrogens (tertiary/aromatic N) is 3. The summed E-state index contributed by atoms with van der Waals surface area (Å²) in [6, 6.07) is 7.90. The lowest BCUT2D eigenvalue weighted by Crippen LogP contribution is -2.40. The molecule has 0 saturated carbocycles. The van der Waals surface area contributed by atoms with Crippen molar-refractivity contribution < 1.29 is 9.53 Å². The molecule has 0 spiro atoms. The predicted octanol–water partition coefficient (Wildman–Crippen LogP) is 2.09. The Hall–Kier alpha value is -2.12. The molecule has 2 aliphatic heterocycles. The quantitative estimate of drug-likeness (QED) is 0.387. The lowest BCUT2D eigenvalue weighted by atomic mass is 10.1. The third-order valence-corrected chi connectivity index (χ3v) is 5.66. The van der Waals surface area contributed by atoms with Gasteiger partial charge in [-0.3, -0.25) is 9.69 Å². The second kappa shape index (κ2) is 12.5. The number of rotatable bonds is 8. The van der Waals surface area contributed by atoms with E-state index in [0.717, 1.165) is 95.4 Å². The van der Waals surface area contributed by atoms with Crippen LogP contribution in [-0.2, 0) is 11.3 Å². The number of likely N-dealkylation sites (tertiary alicyclic amines) is 1. The molecular formula is C23H37N5O2. The Labute approximate surface area is 180 Å². The third-order valence-electron chi connectivity index (χ3n) is 5.66. The molecule has 7 nitrogen and oxygen atoms in total. The van der Waals surface area contributed by atoms with Gasteiger partial charge in [0.25, 0.3) is 5.91 Å². The van der Waals surface area contributed by atoms with Gasteiger partial charge in [0.05, 0.1) is 19.8 Å².